The highest BCUT2D eigenvalue weighted by molar-refractivity contribution is 5.95. The van der Waals surface area contributed by atoms with Crippen LogP contribution >= 0.6 is 0 Å². The van der Waals surface area contributed by atoms with Crippen molar-refractivity contribution in [2.75, 3.05) is 24.6 Å². The van der Waals surface area contributed by atoms with Gasteiger partial charge < -0.3 is 15.0 Å². The summed E-state index contributed by atoms with van der Waals surface area (Å²) in [6.07, 6.45) is 2.30. The molecular formula is C25H32N2O3. The van der Waals surface area contributed by atoms with Crippen molar-refractivity contribution in [3.63, 3.8) is 0 Å². The Kier molecular flexibility index (Phi) is 7.27. The van der Waals surface area contributed by atoms with E-state index in [9.17, 15) is 9.59 Å². The van der Waals surface area contributed by atoms with Crippen molar-refractivity contribution in [1.82, 2.24) is 5.32 Å². The molecule has 0 saturated carbocycles. The van der Waals surface area contributed by atoms with E-state index in [0.717, 1.165) is 17.7 Å². The van der Waals surface area contributed by atoms with E-state index in [-0.39, 0.29) is 17.4 Å². The van der Waals surface area contributed by atoms with Crippen molar-refractivity contribution >= 4 is 17.6 Å². The summed E-state index contributed by atoms with van der Waals surface area (Å²) in [5, 5.41) is 3.51. The molecule has 0 aromatic heterocycles. The van der Waals surface area contributed by atoms with Gasteiger partial charge in [0.05, 0.1) is 6.61 Å². The molecule has 1 aliphatic heterocycles. The van der Waals surface area contributed by atoms with Gasteiger partial charge in [0.25, 0.3) is 0 Å². The summed E-state index contributed by atoms with van der Waals surface area (Å²) in [4.78, 5) is 26.5. The van der Waals surface area contributed by atoms with Crippen LogP contribution in [0.5, 0.6) is 0 Å². The number of fused-ring (bicyclic) bond motifs is 1. The van der Waals surface area contributed by atoms with Crippen LogP contribution in [0.2, 0.25) is 0 Å². The van der Waals surface area contributed by atoms with Gasteiger partial charge in [-0.25, -0.2) is 0 Å². The molecule has 5 nitrogen and oxygen atoms in total. The normalized spacial score (nSPS) is 13.2. The Balaban J connectivity index is 1.58. The number of hydrogen-bond acceptors (Lipinski definition) is 4. The van der Waals surface area contributed by atoms with E-state index in [1.165, 1.54) is 11.1 Å². The summed E-state index contributed by atoms with van der Waals surface area (Å²) in [5.74, 6) is -0.0409. The van der Waals surface area contributed by atoms with Crippen LogP contribution in [0.25, 0.3) is 0 Å². The number of nitrogens with zero attached hydrogens (tertiary/aromatic N) is 1. The Morgan fingerprint density at radius 2 is 1.83 bits per heavy atom. The lowest BCUT2D eigenvalue weighted by atomic mass is 9.94. The Labute approximate surface area is 179 Å². The molecule has 2 aromatic carbocycles. The molecule has 0 unspecified atom stereocenters. The van der Waals surface area contributed by atoms with E-state index in [0.29, 0.717) is 39.0 Å². The van der Waals surface area contributed by atoms with Gasteiger partial charge in [-0.05, 0) is 56.4 Å². The summed E-state index contributed by atoms with van der Waals surface area (Å²) in [6, 6.07) is 16.3. The van der Waals surface area contributed by atoms with Gasteiger partial charge >= 0.3 is 5.97 Å². The number of nitrogens with one attached hydrogen (secondary N) is 1. The lowest BCUT2D eigenvalue weighted by Gasteiger charge is -2.27. The lowest BCUT2D eigenvalue weighted by molar-refractivity contribution is -0.143. The molecule has 1 heterocycles. The van der Waals surface area contributed by atoms with Crippen LogP contribution in [-0.4, -0.2) is 31.6 Å². The summed E-state index contributed by atoms with van der Waals surface area (Å²) >= 11 is 0. The second kappa shape index (κ2) is 9.90. The van der Waals surface area contributed by atoms with E-state index < -0.39 is 0 Å². The fourth-order valence-electron chi connectivity index (χ4n) is 4.04. The number of esters is 1. The average molecular weight is 409 g/mol. The first-order chi connectivity index (χ1) is 14.4. The van der Waals surface area contributed by atoms with E-state index in [1.54, 1.807) is 0 Å². The molecule has 1 amide bonds. The molecule has 0 fully saturated rings. The zero-order valence-electron chi connectivity index (χ0n) is 18.2. The minimum Gasteiger partial charge on any atom is -0.466 e. The second-order valence-electron chi connectivity index (χ2n) is 8.18. The van der Waals surface area contributed by atoms with Crippen molar-refractivity contribution < 1.29 is 14.3 Å². The van der Waals surface area contributed by atoms with Crippen molar-refractivity contribution in [2.24, 2.45) is 0 Å². The van der Waals surface area contributed by atoms with Gasteiger partial charge in [-0.15, -0.1) is 0 Å². The summed E-state index contributed by atoms with van der Waals surface area (Å²) in [6.45, 7) is 7.81. The first-order valence-electron chi connectivity index (χ1n) is 10.8. The van der Waals surface area contributed by atoms with Crippen LogP contribution in [0.1, 0.15) is 50.3 Å². The van der Waals surface area contributed by atoms with Gasteiger partial charge in [0.2, 0.25) is 5.91 Å². The number of amides is 1. The number of carbonyl (C=O) groups is 2. The quantitative estimate of drug-likeness (QED) is 0.638. The van der Waals surface area contributed by atoms with Crippen molar-refractivity contribution in [1.29, 1.82) is 0 Å². The minimum absolute atomic E-state index is 0.132. The van der Waals surface area contributed by atoms with Crippen molar-refractivity contribution in [3.05, 3.63) is 65.2 Å². The first kappa shape index (κ1) is 22.0. The van der Waals surface area contributed by atoms with Crippen LogP contribution in [0, 0.1) is 0 Å². The van der Waals surface area contributed by atoms with Gasteiger partial charge in [0.1, 0.15) is 0 Å². The average Bonchev–Trinajstić information content (AvgIpc) is 3.18. The van der Waals surface area contributed by atoms with Crippen molar-refractivity contribution in [2.45, 2.75) is 52.0 Å². The highest BCUT2D eigenvalue weighted by atomic mass is 16.5. The van der Waals surface area contributed by atoms with Gasteiger partial charge in [-0.1, -0.05) is 42.5 Å². The maximum Gasteiger partial charge on any atom is 0.306 e. The largest absolute Gasteiger partial charge is 0.466 e. The minimum atomic E-state index is -0.190. The van der Waals surface area contributed by atoms with Crippen LogP contribution in [0.3, 0.4) is 0 Å². The summed E-state index contributed by atoms with van der Waals surface area (Å²) < 4.78 is 5.04. The van der Waals surface area contributed by atoms with Gasteiger partial charge in [-0.3, -0.25) is 9.59 Å². The Bertz CT molecular complexity index is 877. The third-order valence-electron chi connectivity index (χ3n) is 5.73. The standard InChI is InChI=1S/C25H32N2O3/c1-4-30-24(29)14-13-19-9-8-12-22-21(19)16-18-27(22)23(28)15-17-26-25(2,3)20-10-6-5-7-11-20/h5-12,26H,4,13-18H2,1-3H3. The summed E-state index contributed by atoms with van der Waals surface area (Å²) in [5.41, 5.74) is 4.33. The third-order valence-corrected chi connectivity index (χ3v) is 5.73. The van der Waals surface area contributed by atoms with E-state index in [4.69, 9.17) is 4.74 Å². The Hall–Kier alpha value is -2.66. The maximum absolute atomic E-state index is 12.9. The molecule has 0 aliphatic carbocycles. The zero-order chi connectivity index (χ0) is 21.6. The second-order valence-corrected chi connectivity index (χ2v) is 8.18. The molecule has 1 aliphatic rings. The SMILES string of the molecule is CCOC(=O)CCc1cccc2c1CCN2C(=O)CCNC(C)(C)c1ccccc1. The molecule has 0 atom stereocenters. The van der Waals surface area contributed by atoms with Crippen LogP contribution in [0.15, 0.2) is 48.5 Å². The molecule has 0 bridgehead atoms. The van der Waals surface area contributed by atoms with Crippen LogP contribution in [0.4, 0.5) is 5.69 Å². The highest BCUT2D eigenvalue weighted by Gasteiger charge is 2.27. The molecule has 0 spiro atoms. The first-order valence-corrected chi connectivity index (χ1v) is 10.8. The molecule has 0 radical (unpaired) electrons. The number of rotatable bonds is 9. The fraction of sp³-hybridized carbons (Fsp3) is 0.440. The molecule has 5 heteroatoms. The smallest absolute Gasteiger partial charge is 0.306 e. The number of hydrogen-bond donors (Lipinski definition) is 1. The van der Waals surface area contributed by atoms with E-state index in [1.807, 2.05) is 42.2 Å². The van der Waals surface area contributed by atoms with Gasteiger partial charge in [0.15, 0.2) is 0 Å². The number of ether oxygens (including phenoxy) is 1. The van der Waals surface area contributed by atoms with Crippen LogP contribution in [-0.2, 0) is 32.7 Å². The third kappa shape index (κ3) is 5.28. The molecule has 160 valence electrons. The maximum atomic E-state index is 12.9. The monoisotopic (exact) mass is 408 g/mol. The van der Waals surface area contributed by atoms with Crippen molar-refractivity contribution in [3.8, 4) is 0 Å². The Morgan fingerprint density at radius 3 is 2.57 bits per heavy atom. The topological polar surface area (TPSA) is 58.6 Å². The predicted molar refractivity (Wildman–Crippen MR) is 120 cm³/mol. The lowest BCUT2D eigenvalue weighted by Crippen LogP contribution is -2.39. The van der Waals surface area contributed by atoms with Gasteiger partial charge in [0, 0.05) is 37.2 Å². The fourth-order valence-corrected chi connectivity index (χ4v) is 4.04. The summed E-state index contributed by atoms with van der Waals surface area (Å²) in [7, 11) is 0. The van der Waals surface area contributed by atoms with Crippen LogP contribution < -0.4 is 10.2 Å². The molecule has 2 aromatic rings. The number of benzene rings is 2. The highest BCUT2D eigenvalue weighted by Crippen LogP contribution is 2.32. The van der Waals surface area contributed by atoms with E-state index in [2.05, 4.69) is 37.4 Å². The molecule has 0 saturated heterocycles. The molecule has 30 heavy (non-hydrogen) atoms. The molecule has 3 rings (SSSR count). The van der Waals surface area contributed by atoms with E-state index >= 15 is 0 Å². The van der Waals surface area contributed by atoms with Gasteiger partial charge in [-0.2, -0.15) is 0 Å². The zero-order valence-corrected chi connectivity index (χ0v) is 18.2. The predicted octanol–water partition coefficient (Wildman–Crippen LogP) is 3.99. The number of anilines is 1. The Morgan fingerprint density at radius 1 is 1.07 bits per heavy atom. The number of carbonyl (C=O) groups excluding carboxylic acids is 2. The molecule has 1 N–H and O–H groups in total. The molecular weight excluding hydrogens is 376 g/mol. The number of aryl methyl sites for hydroxylation is 1.